The number of fused-ring (bicyclic) bond motifs is 1. The maximum absolute atomic E-state index is 13.9. The summed E-state index contributed by atoms with van der Waals surface area (Å²) >= 11 is 0. The standard InChI is InChI=1S/C27H33F2NO6S/c1-4-21-7-5-19-14-20(27(3,28)29)6-9-24(19)30(21)37(33,34)22-8-10-25(23(15-22)26(31)32)36-16-18-11-12-35-17(2)13-18/h6,8-10,14-15,17-18,21H,4-5,7,11-13,16H2,1-3H3,(H,31,32). The molecule has 2 aliphatic rings. The first kappa shape index (κ1) is 27.3. The minimum Gasteiger partial charge on any atom is -0.492 e. The summed E-state index contributed by atoms with van der Waals surface area (Å²) in [5, 5.41) is 9.83. The van der Waals surface area contributed by atoms with E-state index in [2.05, 4.69) is 0 Å². The van der Waals surface area contributed by atoms with E-state index in [0.717, 1.165) is 25.8 Å². The third-order valence-corrected chi connectivity index (χ3v) is 9.04. The fourth-order valence-electron chi connectivity index (χ4n) is 5.13. The van der Waals surface area contributed by atoms with Gasteiger partial charge in [0.1, 0.15) is 11.3 Å². The summed E-state index contributed by atoms with van der Waals surface area (Å²) in [4.78, 5) is 11.9. The lowest BCUT2D eigenvalue weighted by Crippen LogP contribution is -2.43. The molecule has 37 heavy (non-hydrogen) atoms. The van der Waals surface area contributed by atoms with E-state index in [1.54, 1.807) is 0 Å². The molecule has 7 nitrogen and oxygen atoms in total. The Morgan fingerprint density at radius 3 is 2.62 bits per heavy atom. The van der Waals surface area contributed by atoms with Crippen LogP contribution < -0.4 is 9.04 Å². The van der Waals surface area contributed by atoms with Gasteiger partial charge in [-0.2, -0.15) is 0 Å². The molecule has 0 aliphatic carbocycles. The van der Waals surface area contributed by atoms with Crippen LogP contribution in [0.4, 0.5) is 14.5 Å². The Morgan fingerprint density at radius 2 is 1.97 bits per heavy atom. The highest BCUT2D eigenvalue weighted by Crippen LogP contribution is 2.40. The van der Waals surface area contributed by atoms with Gasteiger partial charge in [-0.25, -0.2) is 22.0 Å². The van der Waals surface area contributed by atoms with Gasteiger partial charge in [-0.15, -0.1) is 0 Å². The monoisotopic (exact) mass is 537 g/mol. The number of nitrogens with zero attached hydrogens (tertiary/aromatic N) is 1. The number of sulfonamides is 1. The first-order valence-corrected chi connectivity index (χ1v) is 14.0. The predicted molar refractivity (Wildman–Crippen MR) is 135 cm³/mol. The molecule has 1 fully saturated rings. The lowest BCUT2D eigenvalue weighted by atomic mass is 9.94. The van der Waals surface area contributed by atoms with E-state index in [1.807, 2.05) is 13.8 Å². The number of hydrogen-bond donors (Lipinski definition) is 1. The summed E-state index contributed by atoms with van der Waals surface area (Å²) in [6, 6.07) is 7.49. The van der Waals surface area contributed by atoms with Gasteiger partial charge in [0.05, 0.1) is 23.3 Å². The van der Waals surface area contributed by atoms with E-state index in [9.17, 15) is 27.1 Å². The number of alkyl halides is 2. The third-order valence-electron chi connectivity index (χ3n) is 7.18. The summed E-state index contributed by atoms with van der Waals surface area (Å²) in [5.41, 5.74) is 0.452. The van der Waals surface area contributed by atoms with Crippen molar-refractivity contribution in [1.29, 1.82) is 0 Å². The molecule has 2 aliphatic heterocycles. The minimum absolute atomic E-state index is 0.103. The van der Waals surface area contributed by atoms with E-state index < -0.39 is 21.9 Å². The Labute approximate surface area is 216 Å². The van der Waals surface area contributed by atoms with E-state index >= 15 is 0 Å². The first-order chi connectivity index (χ1) is 17.4. The predicted octanol–water partition coefficient (Wildman–Crippen LogP) is 5.61. The largest absolute Gasteiger partial charge is 0.492 e. The van der Waals surface area contributed by atoms with E-state index in [-0.39, 0.29) is 39.8 Å². The van der Waals surface area contributed by atoms with Crippen molar-refractivity contribution in [2.24, 2.45) is 5.92 Å². The van der Waals surface area contributed by atoms with Crippen LogP contribution in [0.25, 0.3) is 0 Å². The molecule has 3 unspecified atom stereocenters. The molecular formula is C27H33F2NO6S. The molecule has 0 amide bonds. The van der Waals surface area contributed by atoms with Crippen molar-refractivity contribution < 1.29 is 36.6 Å². The number of aryl methyl sites for hydroxylation is 1. The molecule has 0 saturated carbocycles. The van der Waals surface area contributed by atoms with Gasteiger partial charge >= 0.3 is 5.97 Å². The lowest BCUT2D eigenvalue weighted by Gasteiger charge is -2.38. The average Bonchev–Trinajstić information content (AvgIpc) is 2.85. The maximum atomic E-state index is 13.9. The van der Waals surface area contributed by atoms with Crippen LogP contribution in [-0.2, 0) is 27.1 Å². The molecule has 4 rings (SSSR count). The molecule has 10 heteroatoms. The zero-order chi connectivity index (χ0) is 27.0. The van der Waals surface area contributed by atoms with Crippen LogP contribution >= 0.6 is 0 Å². The molecular weight excluding hydrogens is 504 g/mol. The maximum Gasteiger partial charge on any atom is 0.339 e. The van der Waals surface area contributed by atoms with Crippen molar-refractivity contribution in [3.8, 4) is 5.75 Å². The summed E-state index contributed by atoms with van der Waals surface area (Å²) in [7, 11) is -4.19. The number of anilines is 1. The molecule has 0 radical (unpaired) electrons. The SMILES string of the molecule is CCC1CCc2cc(C(C)(F)F)ccc2N1S(=O)(=O)c1ccc(OCC2CCOC(C)C2)c(C(=O)O)c1. The fraction of sp³-hybridized carbons (Fsp3) is 0.519. The van der Waals surface area contributed by atoms with Crippen molar-refractivity contribution in [2.45, 2.75) is 75.8 Å². The van der Waals surface area contributed by atoms with Gasteiger partial charge in [0.25, 0.3) is 15.9 Å². The topological polar surface area (TPSA) is 93.1 Å². The van der Waals surface area contributed by atoms with Crippen LogP contribution in [0.1, 0.15) is 67.9 Å². The number of benzene rings is 2. The normalized spacial score (nSPS) is 22.4. The molecule has 0 aromatic heterocycles. The van der Waals surface area contributed by atoms with Gasteiger partial charge < -0.3 is 14.6 Å². The van der Waals surface area contributed by atoms with Gasteiger partial charge in [-0.05, 0) is 80.8 Å². The molecule has 0 bridgehead atoms. The summed E-state index contributed by atoms with van der Waals surface area (Å²) in [6.45, 7) is 5.57. The summed E-state index contributed by atoms with van der Waals surface area (Å²) < 4.78 is 68.2. The van der Waals surface area contributed by atoms with Crippen LogP contribution in [0.5, 0.6) is 5.75 Å². The van der Waals surface area contributed by atoms with Crippen molar-refractivity contribution in [3.63, 3.8) is 0 Å². The Morgan fingerprint density at radius 1 is 1.22 bits per heavy atom. The third kappa shape index (κ3) is 5.75. The summed E-state index contributed by atoms with van der Waals surface area (Å²) in [5.74, 6) is -4.03. The van der Waals surface area contributed by atoms with Gasteiger partial charge in [0, 0.05) is 25.1 Å². The Bertz CT molecular complexity index is 1260. The van der Waals surface area contributed by atoms with Crippen molar-refractivity contribution >= 4 is 21.7 Å². The van der Waals surface area contributed by atoms with E-state index in [1.165, 1.54) is 34.6 Å². The van der Waals surface area contributed by atoms with Gasteiger partial charge in [0.15, 0.2) is 0 Å². The summed E-state index contributed by atoms with van der Waals surface area (Å²) in [6.07, 6.45) is 3.17. The zero-order valence-corrected chi connectivity index (χ0v) is 22.1. The van der Waals surface area contributed by atoms with Gasteiger partial charge in [-0.3, -0.25) is 4.31 Å². The van der Waals surface area contributed by atoms with E-state index in [4.69, 9.17) is 9.47 Å². The first-order valence-electron chi connectivity index (χ1n) is 12.6. The number of carbonyl (C=O) groups is 1. The Hall–Kier alpha value is -2.72. The van der Waals surface area contributed by atoms with Crippen LogP contribution in [0.3, 0.4) is 0 Å². The van der Waals surface area contributed by atoms with Gasteiger partial charge in [-0.1, -0.05) is 13.0 Å². The number of rotatable bonds is 8. The van der Waals surface area contributed by atoms with Crippen molar-refractivity contribution in [1.82, 2.24) is 0 Å². The van der Waals surface area contributed by atoms with Crippen LogP contribution in [0.15, 0.2) is 41.3 Å². The molecule has 202 valence electrons. The smallest absolute Gasteiger partial charge is 0.339 e. The minimum atomic E-state index is -4.19. The second kappa shape index (κ2) is 10.6. The lowest BCUT2D eigenvalue weighted by molar-refractivity contribution is -0.00798. The van der Waals surface area contributed by atoms with E-state index in [0.29, 0.717) is 43.7 Å². The van der Waals surface area contributed by atoms with Crippen LogP contribution in [0.2, 0.25) is 0 Å². The molecule has 2 heterocycles. The van der Waals surface area contributed by atoms with Crippen molar-refractivity contribution in [3.05, 3.63) is 53.1 Å². The molecule has 0 spiro atoms. The second-order valence-corrected chi connectivity index (χ2v) is 11.8. The number of hydrogen-bond acceptors (Lipinski definition) is 5. The molecule has 3 atom stereocenters. The average molecular weight is 538 g/mol. The fourth-order valence-corrected chi connectivity index (χ4v) is 6.95. The molecule has 2 aromatic carbocycles. The Balaban J connectivity index is 1.67. The number of carboxylic acids is 1. The highest BCUT2D eigenvalue weighted by atomic mass is 32.2. The van der Waals surface area contributed by atoms with Gasteiger partial charge in [0.2, 0.25) is 0 Å². The molecule has 1 saturated heterocycles. The highest BCUT2D eigenvalue weighted by molar-refractivity contribution is 7.92. The quantitative estimate of drug-likeness (QED) is 0.471. The van der Waals surface area contributed by atoms with Crippen LogP contribution in [0, 0.1) is 5.92 Å². The number of aromatic carboxylic acids is 1. The number of halogens is 2. The number of carboxylic acid groups (broad SMARTS) is 1. The van der Waals surface area contributed by atoms with Crippen LogP contribution in [-0.4, -0.2) is 44.9 Å². The Kier molecular flexibility index (Phi) is 7.80. The van der Waals surface area contributed by atoms with Crippen molar-refractivity contribution in [2.75, 3.05) is 17.5 Å². The molecule has 1 N–H and O–H groups in total. The number of ether oxygens (including phenoxy) is 2. The zero-order valence-electron chi connectivity index (χ0n) is 21.2. The molecule has 2 aromatic rings. The highest BCUT2D eigenvalue weighted by Gasteiger charge is 2.37. The second-order valence-electron chi connectivity index (χ2n) is 9.98.